The molecular formula is C25H43N3O3. The molecule has 31 heavy (non-hydrogen) atoms. The fourth-order valence-corrected chi connectivity index (χ4v) is 8.70. The van der Waals surface area contributed by atoms with Crippen LogP contribution in [-0.2, 0) is 9.53 Å². The maximum absolute atomic E-state index is 13.2. The molecule has 176 valence electrons. The van der Waals surface area contributed by atoms with Gasteiger partial charge in [-0.1, -0.05) is 6.92 Å². The lowest BCUT2D eigenvalue weighted by molar-refractivity contribution is -0.161. The van der Waals surface area contributed by atoms with Crippen molar-refractivity contribution >= 4 is 5.78 Å². The molecule has 4 saturated carbocycles. The minimum atomic E-state index is -0.140. The summed E-state index contributed by atoms with van der Waals surface area (Å²) in [6.07, 6.45) is 11.3. The number of rotatable bonds is 6. The lowest BCUT2D eigenvalue weighted by Crippen LogP contribution is -2.57. The van der Waals surface area contributed by atoms with Crippen molar-refractivity contribution in [3.8, 4) is 0 Å². The summed E-state index contributed by atoms with van der Waals surface area (Å²) in [6, 6.07) is 0. The van der Waals surface area contributed by atoms with Crippen molar-refractivity contribution in [3.63, 3.8) is 0 Å². The van der Waals surface area contributed by atoms with Gasteiger partial charge in [0.25, 0.3) is 0 Å². The number of nitrogens with zero attached hydrogens (tertiary/aromatic N) is 1. The Labute approximate surface area is 187 Å². The average Bonchev–Trinajstić information content (AvgIpc) is 3.05. The summed E-state index contributed by atoms with van der Waals surface area (Å²) in [6.45, 7) is 5.23. The summed E-state index contributed by atoms with van der Waals surface area (Å²) in [7, 11) is 1.84. The molecule has 4 fully saturated rings. The van der Waals surface area contributed by atoms with Crippen LogP contribution in [0, 0.1) is 40.4 Å². The summed E-state index contributed by atoms with van der Waals surface area (Å²) >= 11 is 0. The molecule has 0 heterocycles. The van der Waals surface area contributed by atoms with Crippen LogP contribution in [0.5, 0.6) is 0 Å². The smallest absolute Gasteiger partial charge is 0.157 e. The second-order valence-electron chi connectivity index (χ2n) is 11.4. The van der Waals surface area contributed by atoms with Crippen LogP contribution < -0.4 is 11.6 Å². The number of ether oxygens (including phenoxy) is 1. The number of hydrogen-bond acceptors (Lipinski definition) is 6. The Morgan fingerprint density at radius 3 is 2.65 bits per heavy atom. The molecule has 0 aromatic carbocycles. The first-order chi connectivity index (χ1) is 14.7. The van der Waals surface area contributed by atoms with Crippen molar-refractivity contribution < 1.29 is 14.6 Å². The maximum Gasteiger partial charge on any atom is 0.157 e. The van der Waals surface area contributed by atoms with E-state index >= 15 is 0 Å². The van der Waals surface area contributed by atoms with Crippen molar-refractivity contribution in [2.24, 2.45) is 52.0 Å². The van der Waals surface area contributed by atoms with E-state index in [1.165, 1.54) is 24.3 Å². The number of fused-ring (bicyclic) bond motifs is 5. The fourth-order valence-electron chi connectivity index (χ4n) is 8.70. The van der Waals surface area contributed by atoms with Gasteiger partial charge in [-0.2, -0.15) is 0 Å². The molecule has 0 unspecified atom stereocenters. The SMILES string of the molecule is COC[C@]12CC[C@@H](O)C[C@@H]1CC[C@H]1[C@@H]3CC[C@H](C(=O)CN(N)/C=C(/C)N)[C@@]3(C)CC[C@@H]12. The Hall–Kier alpha value is -1.11. The first-order valence-corrected chi connectivity index (χ1v) is 12.4. The van der Waals surface area contributed by atoms with Crippen LogP contribution >= 0.6 is 0 Å². The summed E-state index contributed by atoms with van der Waals surface area (Å²) in [5.74, 6) is 8.92. The van der Waals surface area contributed by atoms with Crippen molar-refractivity contribution in [2.45, 2.75) is 77.7 Å². The summed E-state index contributed by atoms with van der Waals surface area (Å²) < 4.78 is 5.83. The second kappa shape index (κ2) is 8.68. The zero-order chi connectivity index (χ0) is 22.4. The monoisotopic (exact) mass is 433 g/mol. The minimum absolute atomic E-state index is 0.0792. The van der Waals surface area contributed by atoms with Gasteiger partial charge in [0, 0.05) is 24.9 Å². The van der Waals surface area contributed by atoms with E-state index in [0.717, 1.165) is 45.1 Å². The molecule has 4 rings (SSSR count). The number of hydrogen-bond donors (Lipinski definition) is 3. The summed E-state index contributed by atoms with van der Waals surface area (Å²) in [5, 5.41) is 11.8. The zero-order valence-electron chi connectivity index (χ0n) is 19.7. The van der Waals surface area contributed by atoms with Crippen LogP contribution in [0.2, 0.25) is 0 Å². The largest absolute Gasteiger partial charge is 0.401 e. The highest BCUT2D eigenvalue weighted by atomic mass is 16.5. The van der Waals surface area contributed by atoms with Crippen LogP contribution in [0.25, 0.3) is 0 Å². The standard InChI is InChI=1S/C25H43N3O3/c1-16(26)13-28(27)14-23(30)22-7-6-20-19-5-4-17-12-18(29)8-11-25(17,15-31-3)21(19)9-10-24(20,22)2/h13,17-22,29H,4-12,14-15,26-27H2,1-3H3/b16-13-/t17-,18+,19-,20-,21-,22+,24-,25+/m0/s1. The van der Waals surface area contributed by atoms with E-state index in [2.05, 4.69) is 6.92 Å². The highest BCUT2D eigenvalue weighted by Gasteiger charge is 2.62. The number of nitrogens with two attached hydrogens (primary N) is 2. The number of methoxy groups -OCH3 is 1. The maximum atomic E-state index is 13.2. The minimum Gasteiger partial charge on any atom is -0.401 e. The molecule has 4 aliphatic rings. The molecule has 0 amide bonds. The van der Waals surface area contributed by atoms with E-state index in [0.29, 0.717) is 29.4 Å². The van der Waals surface area contributed by atoms with Crippen LogP contribution in [0.3, 0.4) is 0 Å². The molecule has 6 heteroatoms. The Kier molecular flexibility index (Phi) is 6.46. The molecule has 5 N–H and O–H groups in total. The third-order valence-electron chi connectivity index (χ3n) is 9.85. The topological polar surface area (TPSA) is 102 Å². The molecule has 0 aliphatic heterocycles. The second-order valence-corrected chi connectivity index (χ2v) is 11.4. The van der Waals surface area contributed by atoms with Crippen LogP contribution in [-0.4, -0.2) is 42.3 Å². The van der Waals surface area contributed by atoms with Gasteiger partial charge in [-0.05, 0) is 99.2 Å². The lowest BCUT2D eigenvalue weighted by atomic mass is 9.44. The van der Waals surface area contributed by atoms with Crippen molar-refractivity contribution in [2.75, 3.05) is 20.3 Å². The van der Waals surface area contributed by atoms with Gasteiger partial charge < -0.3 is 20.6 Å². The van der Waals surface area contributed by atoms with E-state index in [9.17, 15) is 9.90 Å². The predicted octanol–water partition coefficient (Wildman–Crippen LogP) is 3.20. The molecule has 8 atom stereocenters. The third kappa shape index (κ3) is 3.93. The summed E-state index contributed by atoms with van der Waals surface area (Å²) in [4.78, 5) is 13.2. The number of Topliss-reactive ketones (excluding diaryl/α,β-unsaturated/α-hetero) is 1. The number of aliphatic hydroxyl groups is 1. The number of allylic oxidation sites excluding steroid dienone is 1. The van der Waals surface area contributed by atoms with Gasteiger partial charge in [-0.15, -0.1) is 0 Å². The highest BCUT2D eigenvalue weighted by molar-refractivity contribution is 5.84. The lowest BCUT2D eigenvalue weighted by Gasteiger charge is -2.61. The van der Waals surface area contributed by atoms with Gasteiger partial charge in [-0.3, -0.25) is 4.79 Å². The molecule has 0 bridgehead atoms. The molecule has 0 aromatic heterocycles. The van der Waals surface area contributed by atoms with E-state index in [1.807, 2.05) is 7.11 Å². The molecule has 0 aromatic rings. The number of aliphatic hydroxyl groups excluding tert-OH is 1. The fraction of sp³-hybridized carbons (Fsp3) is 0.880. The van der Waals surface area contributed by atoms with E-state index in [4.69, 9.17) is 16.3 Å². The van der Waals surface area contributed by atoms with Gasteiger partial charge in [0.05, 0.1) is 19.3 Å². The van der Waals surface area contributed by atoms with E-state index in [-0.39, 0.29) is 35.2 Å². The van der Waals surface area contributed by atoms with Crippen molar-refractivity contribution in [3.05, 3.63) is 11.9 Å². The Morgan fingerprint density at radius 2 is 1.94 bits per heavy atom. The molecule has 0 spiro atoms. The Bertz CT molecular complexity index is 708. The van der Waals surface area contributed by atoms with Crippen LogP contribution in [0.1, 0.15) is 71.6 Å². The number of ketones is 1. The van der Waals surface area contributed by atoms with Gasteiger partial charge in [0.2, 0.25) is 0 Å². The molecule has 6 nitrogen and oxygen atoms in total. The summed E-state index contributed by atoms with van der Waals surface area (Å²) in [5.41, 5.74) is 6.64. The first kappa shape index (κ1) is 23.1. The van der Waals surface area contributed by atoms with Crippen LogP contribution in [0.4, 0.5) is 0 Å². The first-order valence-electron chi connectivity index (χ1n) is 12.4. The van der Waals surface area contributed by atoms with Gasteiger partial charge in [-0.25, -0.2) is 5.84 Å². The Morgan fingerprint density at radius 1 is 1.16 bits per heavy atom. The van der Waals surface area contributed by atoms with Crippen LogP contribution in [0.15, 0.2) is 11.9 Å². The van der Waals surface area contributed by atoms with Crippen molar-refractivity contribution in [1.82, 2.24) is 5.01 Å². The van der Waals surface area contributed by atoms with Gasteiger partial charge in [0.1, 0.15) is 0 Å². The third-order valence-corrected chi connectivity index (χ3v) is 9.85. The van der Waals surface area contributed by atoms with E-state index < -0.39 is 0 Å². The Balaban J connectivity index is 1.53. The number of carbonyl (C=O) groups is 1. The zero-order valence-corrected chi connectivity index (χ0v) is 19.7. The average molecular weight is 434 g/mol. The number of carbonyl (C=O) groups excluding carboxylic acids is 1. The molecule has 4 aliphatic carbocycles. The van der Waals surface area contributed by atoms with E-state index in [1.54, 1.807) is 13.1 Å². The number of hydrazine groups is 1. The molecular weight excluding hydrogens is 390 g/mol. The quantitative estimate of drug-likeness (QED) is 0.439. The molecule has 0 saturated heterocycles. The van der Waals surface area contributed by atoms with Crippen molar-refractivity contribution in [1.29, 1.82) is 0 Å². The van der Waals surface area contributed by atoms with Gasteiger partial charge >= 0.3 is 0 Å². The highest BCUT2D eigenvalue weighted by Crippen LogP contribution is 2.67. The normalized spacial score (nSPS) is 44.9. The molecule has 0 radical (unpaired) electrons. The predicted molar refractivity (Wildman–Crippen MR) is 121 cm³/mol. The van der Waals surface area contributed by atoms with Gasteiger partial charge in [0.15, 0.2) is 5.78 Å².